The Bertz CT molecular complexity index is 516. The highest BCUT2D eigenvalue weighted by Gasteiger charge is 2.30. The van der Waals surface area contributed by atoms with Crippen LogP contribution in [-0.2, 0) is 22.4 Å². The maximum atomic E-state index is 10.1. The van der Waals surface area contributed by atoms with Gasteiger partial charge in [0, 0.05) is 38.2 Å². The minimum Gasteiger partial charge on any atom is -0.390 e. The van der Waals surface area contributed by atoms with E-state index in [1.165, 1.54) is 0 Å². The molecule has 25 heavy (non-hydrogen) atoms. The molecule has 1 aromatic heterocycles. The molecule has 3 heterocycles. The summed E-state index contributed by atoms with van der Waals surface area (Å²) in [6, 6.07) is 2.42. The van der Waals surface area contributed by atoms with E-state index in [4.69, 9.17) is 14.0 Å². The van der Waals surface area contributed by atoms with Crippen LogP contribution in [0, 0.1) is 0 Å². The van der Waals surface area contributed by atoms with E-state index in [9.17, 15) is 5.11 Å². The molecule has 0 saturated carbocycles. The summed E-state index contributed by atoms with van der Waals surface area (Å²) in [5, 5.41) is 17.7. The van der Waals surface area contributed by atoms with E-state index in [2.05, 4.69) is 29.2 Å². The normalized spacial score (nSPS) is 28.6. The van der Waals surface area contributed by atoms with Gasteiger partial charge in [-0.25, -0.2) is 0 Å². The highest BCUT2D eigenvalue weighted by molar-refractivity contribution is 5.07. The second-order valence-corrected chi connectivity index (χ2v) is 7.38. The van der Waals surface area contributed by atoms with Crippen molar-refractivity contribution in [2.75, 3.05) is 32.8 Å². The Kier molecular flexibility index (Phi) is 6.84. The number of hydrogen-bond acceptors (Lipinski definition) is 7. The molecule has 0 bridgehead atoms. The summed E-state index contributed by atoms with van der Waals surface area (Å²) in [4.78, 5) is 2.31. The molecule has 2 saturated heterocycles. The van der Waals surface area contributed by atoms with Crippen molar-refractivity contribution in [2.45, 2.75) is 64.0 Å². The van der Waals surface area contributed by atoms with Gasteiger partial charge in [0.15, 0.2) is 5.76 Å². The zero-order valence-corrected chi connectivity index (χ0v) is 15.3. The lowest BCUT2D eigenvalue weighted by Crippen LogP contribution is -2.46. The first-order valence-corrected chi connectivity index (χ1v) is 9.41. The molecule has 0 spiro atoms. The smallest absolute Gasteiger partial charge is 0.150 e. The standard InChI is InChI=1S/C18H31N3O4/c1-13(2)19-11-18-17(22)4-3-15(24-18)9-14-10-16(25-20-14)12-21-5-7-23-8-6-21/h10,13,15,17-19,22H,3-9,11-12H2,1-2H3/t15-,17-,18+/m0/s1. The van der Waals surface area contributed by atoms with E-state index in [1.54, 1.807) is 0 Å². The van der Waals surface area contributed by atoms with Gasteiger partial charge in [-0.2, -0.15) is 0 Å². The summed E-state index contributed by atoms with van der Waals surface area (Å²) in [6.45, 7) is 9.08. The number of nitrogens with one attached hydrogen (secondary N) is 1. The molecule has 0 aliphatic carbocycles. The average Bonchev–Trinajstić information content (AvgIpc) is 3.03. The average molecular weight is 353 g/mol. The maximum absolute atomic E-state index is 10.1. The largest absolute Gasteiger partial charge is 0.390 e. The van der Waals surface area contributed by atoms with Crippen LogP contribution in [0.4, 0.5) is 0 Å². The van der Waals surface area contributed by atoms with Gasteiger partial charge < -0.3 is 24.4 Å². The molecule has 7 nitrogen and oxygen atoms in total. The van der Waals surface area contributed by atoms with Gasteiger partial charge in [0.1, 0.15) is 0 Å². The van der Waals surface area contributed by atoms with Gasteiger partial charge in [-0.15, -0.1) is 0 Å². The first kappa shape index (κ1) is 18.8. The zero-order valence-electron chi connectivity index (χ0n) is 15.3. The number of aliphatic hydroxyl groups is 1. The lowest BCUT2D eigenvalue weighted by Gasteiger charge is -2.34. The second-order valence-electron chi connectivity index (χ2n) is 7.38. The number of morpholine rings is 1. The molecule has 3 atom stereocenters. The van der Waals surface area contributed by atoms with Crippen LogP contribution in [0.25, 0.3) is 0 Å². The Hall–Kier alpha value is -0.990. The van der Waals surface area contributed by atoms with Crippen LogP contribution in [-0.4, -0.2) is 72.4 Å². The number of ether oxygens (including phenoxy) is 2. The van der Waals surface area contributed by atoms with Crippen molar-refractivity contribution in [3.63, 3.8) is 0 Å². The molecule has 0 aromatic carbocycles. The molecular weight excluding hydrogens is 322 g/mol. The highest BCUT2D eigenvalue weighted by Crippen LogP contribution is 2.23. The van der Waals surface area contributed by atoms with Gasteiger partial charge in [0.05, 0.1) is 43.8 Å². The van der Waals surface area contributed by atoms with Crippen LogP contribution in [0.5, 0.6) is 0 Å². The molecule has 0 radical (unpaired) electrons. The van der Waals surface area contributed by atoms with Gasteiger partial charge in [0.25, 0.3) is 0 Å². The molecule has 2 N–H and O–H groups in total. The first-order chi connectivity index (χ1) is 12.1. The van der Waals surface area contributed by atoms with Crippen molar-refractivity contribution in [3.8, 4) is 0 Å². The summed E-state index contributed by atoms with van der Waals surface area (Å²) >= 11 is 0. The van der Waals surface area contributed by atoms with Gasteiger partial charge >= 0.3 is 0 Å². The van der Waals surface area contributed by atoms with Crippen molar-refractivity contribution in [2.24, 2.45) is 0 Å². The van der Waals surface area contributed by atoms with E-state index in [1.807, 2.05) is 6.07 Å². The van der Waals surface area contributed by atoms with Crippen molar-refractivity contribution >= 4 is 0 Å². The molecular formula is C18H31N3O4. The lowest BCUT2D eigenvalue weighted by atomic mass is 9.98. The van der Waals surface area contributed by atoms with Crippen molar-refractivity contribution in [1.29, 1.82) is 0 Å². The maximum Gasteiger partial charge on any atom is 0.150 e. The summed E-state index contributed by atoms with van der Waals surface area (Å²) in [6.07, 6.45) is 1.90. The predicted molar refractivity (Wildman–Crippen MR) is 93.3 cm³/mol. The van der Waals surface area contributed by atoms with Crippen LogP contribution in [0.1, 0.15) is 38.1 Å². The van der Waals surface area contributed by atoms with Crippen molar-refractivity contribution < 1.29 is 19.1 Å². The monoisotopic (exact) mass is 353 g/mol. The Morgan fingerprint density at radius 1 is 1.32 bits per heavy atom. The highest BCUT2D eigenvalue weighted by atomic mass is 16.5. The Labute approximate surface area is 149 Å². The third-order valence-electron chi connectivity index (χ3n) is 4.84. The molecule has 0 amide bonds. The third kappa shape index (κ3) is 5.76. The van der Waals surface area contributed by atoms with E-state index >= 15 is 0 Å². The molecule has 7 heteroatoms. The second kappa shape index (κ2) is 9.09. The minimum absolute atomic E-state index is 0.0868. The number of aromatic nitrogens is 1. The molecule has 0 unspecified atom stereocenters. The number of aliphatic hydroxyl groups excluding tert-OH is 1. The third-order valence-corrected chi connectivity index (χ3v) is 4.84. The zero-order chi connectivity index (χ0) is 17.6. The molecule has 2 aliphatic rings. The number of rotatable bonds is 7. The SMILES string of the molecule is CC(C)NC[C@H]1O[C@H](Cc2cc(CN3CCOCC3)on2)CC[C@@H]1O. The quantitative estimate of drug-likeness (QED) is 0.756. The Morgan fingerprint density at radius 3 is 2.88 bits per heavy atom. The first-order valence-electron chi connectivity index (χ1n) is 9.41. The molecule has 1 aromatic rings. The Balaban J connectivity index is 1.48. The van der Waals surface area contributed by atoms with Gasteiger partial charge in [-0.05, 0) is 12.8 Å². The summed E-state index contributed by atoms with van der Waals surface area (Å²) in [5.74, 6) is 0.894. The van der Waals surface area contributed by atoms with Crippen LogP contribution in [0.3, 0.4) is 0 Å². The minimum atomic E-state index is -0.392. The van der Waals surface area contributed by atoms with E-state index < -0.39 is 6.10 Å². The summed E-state index contributed by atoms with van der Waals surface area (Å²) in [7, 11) is 0. The molecule has 2 fully saturated rings. The topological polar surface area (TPSA) is 80.0 Å². The van der Waals surface area contributed by atoms with Crippen molar-refractivity contribution in [1.82, 2.24) is 15.4 Å². The van der Waals surface area contributed by atoms with Gasteiger partial charge in [0.2, 0.25) is 0 Å². The van der Waals surface area contributed by atoms with Crippen LogP contribution < -0.4 is 5.32 Å². The van der Waals surface area contributed by atoms with E-state index in [-0.39, 0.29) is 12.2 Å². The fraction of sp³-hybridized carbons (Fsp3) is 0.833. The van der Waals surface area contributed by atoms with Crippen molar-refractivity contribution in [3.05, 3.63) is 17.5 Å². The molecule has 2 aliphatic heterocycles. The van der Waals surface area contributed by atoms with E-state index in [0.717, 1.165) is 63.6 Å². The summed E-state index contributed by atoms with van der Waals surface area (Å²) in [5.41, 5.74) is 0.931. The summed E-state index contributed by atoms with van der Waals surface area (Å²) < 4.78 is 16.9. The van der Waals surface area contributed by atoms with E-state index in [0.29, 0.717) is 12.6 Å². The van der Waals surface area contributed by atoms with Gasteiger partial charge in [-0.3, -0.25) is 4.90 Å². The lowest BCUT2D eigenvalue weighted by molar-refractivity contribution is -0.115. The van der Waals surface area contributed by atoms with Crippen LogP contribution in [0.2, 0.25) is 0 Å². The van der Waals surface area contributed by atoms with Crippen LogP contribution >= 0.6 is 0 Å². The fourth-order valence-corrected chi connectivity index (χ4v) is 3.37. The predicted octanol–water partition coefficient (Wildman–Crippen LogP) is 0.956. The number of nitrogens with zero attached hydrogens (tertiary/aromatic N) is 2. The number of hydrogen-bond donors (Lipinski definition) is 2. The molecule has 142 valence electrons. The Morgan fingerprint density at radius 2 is 2.12 bits per heavy atom. The fourth-order valence-electron chi connectivity index (χ4n) is 3.37. The van der Waals surface area contributed by atoms with Gasteiger partial charge in [-0.1, -0.05) is 19.0 Å². The van der Waals surface area contributed by atoms with Crippen LogP contribution in [0.15, 0.2) is 10.6 Å². The molecule has 3 rings (SSSR count).